The van der Waals surface area contributed by atoms with Crippen LogP contribution in [0.2, 0.25) is 0 Å². The number of aromatic hydroxyl groups is 1. The van der Waals surface area contributed by atoms with Gasteiger partial charge in [-0.05, 0) is 24.5 Å². The smallest absolute Gasteiger partial charge is 0.379 e. The second-order valence-electron chi connectivity index (χ2n) is 3.95. The number of esters is 1. The van der Waals surface area contributed by atoms with Gasteiger partial charge in [0, 0.05) is 0 Å². The topological polar surface area (TPSA) is 63.6 Å². The molecule has 0 aliphatic rings. The molecular weight excluding hydrogens is 220 g/mol. The predicted molar refractivity (Wildman–Crippen MR) is 63.2 cm³/mol. The van der Waals surface area contributed by atoms with Crippen LogP contribution in [0.25, 0.3) is 0 Å². The lowest BCUT2D eigenvalue weighted by molar-refractivity contribution is -0.137. The number of ketones is 1. The number of hydrogen-bond donors (Lipinski definition) is 1. The van der Waals surface area contributed by atoms with Crippen molar-refractivity contribution < 1.29 is 19.4 Å². The summed E-state index contributed by atoms with van der Waals surface area (Å²) >= 11 is 0. The van der Waals surface area contributed by atoms with Gasteiger partial charge in [0.1, 0.15) is 5.75 Å². The normalized spacial score (nSPS) is 10.4. The van der Waals surface area contributed by atoms with E-state index in [2.05, 4.69) is 4.74 Å². The maximum Gasteiger partial charge on any atom is 0.379 e. The van der Waals surface area contributed by atoms with Gasteiger partial charge in [0.15, 0.2) is 0 Å². The molecule has 1 aromatic rings. The van der Waals surface area contributed by atoms with Crippen molar-refractivity contribution in [2.75, 3.05) is 6.61 Å². The van der Waals surface area contributed by atoms with Crippen molar-refractivity contribution in [1.29, 1.82) is 0 Å². The third-order valence-electron chi connectivity index (χ3n) is 2.39. The highest BCUT2D eigenvalue weighted by Gasteiger charge is 2.22. The molecule has 4 heteroatoms. The van der Waals surface area contributed by atoms with Gasteiger partial charge in [-0.2, -0.15) is 0 Å². The van der Waals surface area contributed by atoms with E-state index in [0.29, 0.717) is 5.56 Å². The van der Waals surface area contributed by atoms with Gasteiger partial charge < -0.3 is 9.84 Å². The summed E-state index contributed by atoms with van der Waals surface area (Å²) in [5.74, 6) is -1.82. The molecule has 0 unspecified atom stereocenters. The number of phenols is 1. The first-order valence-electron chi connectivity index (χ1n) is 5.52. The molecule has 17 heavy (non-hydrogen) atoms. The summed E-state index contributed by atoms with van der Waals surface area (Å²) in [5, 5.41) is 9.92. The zero-order valence-corrected chi connectivity index (χ0v) is 10.2. The van der Waals surface area contributed by atoms with E-state index >= 15 is 0 Å². The lowest BCUT2D eigenvalue weighted by atomic mass is 9.97. The Balaban J connectivity index is 3.11. The largest absolute Gasteiger partial charge is 0.507 e. The molecule has 0 saturated heterocycles. The first-order valence-corrected chi connectivity index (χ1v) is 5.52. The molecule has 0 aromatic heterocycles. The lowest BCUT2D eigenvalue weighted by Gasteiger charge is -2.11. The minimum atomic E-state index is -0.941. The zero-order chi connectivity index (χ0) is 13.0. The van der Waals surface area contributed by atoms with E-state index in [4.69, 9.17) is 0 Å². The Bertz CT molecular complexity index is 435. The number of Topliss-reactive ketones (excluding diaryl/α,β-unsaturated/α-hetero) is 1. The first kappa shape index (κ1) is 13.2. The number of hydrogen-bond acceptors (Lipinski definition) is 4. The Morgan fingerprint density at radius 2 is 2.00 bits per heavy atom. The van der Waals surface area contributed by atoms with Gasteiger partial charge in [0.05, 0.1) is 12.2 Å². The molecule has 0 aliphatic carbocycles. The fraction of sp³-hybridized carbons (Fsp3) is 0.385. The minimum Gasteiger partial charge on any atom is -0.507 e. The molecule has 0 saturated carbocycles. The Hall–Kier alpha value is -1.84. The summed E-state index contributed by atoms with van der Waals surface area (Å²) in [7, 11) is 0. The van der Waals surface area contributed by atoms with Crippen LogP contribution < -0.4 is 0 Å². The zero-order valence-electron chi connectivity index (χ0n) is 10.2. The van der Waals surface area contributed by atoms with E-state index in [9.17, 15) is 14.7 Å². The van der Waals surface area contributed by atoms with E-state index in [0.717, 1.165) is 0 Å². The van der Waals surface area contributed by atoms with Gasteiger partial charge >= 0.3 is 5.97 Å². The van der Waals surface area contributed by atoms with Crippen molar-refractivity contribution in [2.24, 2.45) is 0 Å². The second kappa shape index (κ2) is 5.48. The van der Waals surface area contributed by atoms with Crippen molar-refractivity contribution in [3.05, 3.63) is 29.3 Å². The number of phenolic OH excluding ortho intramolecular Hbond substituents is 1. The molecule has 4 nitrogen and oxygen atoms in total. The number of carbonyl (C=O) groups is 2. The Morgan fingerprint density at radius 3 is 2.53 bits per heavy atom. The fourth-order valence-corrected chi connectivity index (χ4v) is 1.52. The molecule has 0 bridgehead atoms. The maximum atomic E-state index is 11.7. The van der Waals surface area contributed by atoms with E-state index < -0.39 is 11.8 Å². The summed E-state index contributed by atoms with van der Waals surface area (Å²) in [6, 6.07) is 4.78. The molecule has 0 aliphatic heterocycles. The summed E-state index contributed by atoms with van der Waals surface area (Å²) in [6.07, 6.45) is 0. The Morgan fingerprint density at radius 1 is 1.35 bits per heavy atom. The van der Waals surface area contributed by atoms with Crippen molar-refractivity contribution in [1.82, 2.24) is 0 Å². The molecule has 0 atom stereocenters. The highest BCUT2D eigenvalue weighted by atomic mass is 16.5. The average molecular weight is 236 g/mol. The number of carbonyl (C=O) groups excluding carboxylic acids is 2. The van der Waals surface area contributed by atoms with Gasteiger partial charge in [-0.15, -0.1) is 0 Å². The average Bonchev–Trinajstić information content (AvgIpc) is 2.28. The highest BCUT2D eigenvalue weighted by molar-refractivity contribution is 6.41. The number of ether oxygens (including phenoxy) is 1. The monoisotopic (exact) mass is 236 g/mol. The fourth-order valence-electron chi connectivity index (χ4n) is 1.52. The van der Waals surface area contributed by atoms with Crippen molar-refractivity contribution in [2.45, 2.75) is 26.7 Å². The van der Waals surface area contributed by atoms with Gasteiger partial charge in [-0.3, -0.25) is 4.79 Å². The molecule has 1 aromatic carbocycles. The summed E-state index contributed by atoms with van der Waals surface area (Å²) in [4.78, 5) is 23.0. The standard InChI is InChI=1S/C13H16O4/c1-4-17-13(16)12(15)10-7-5-6-9(8(2)3)11(10)14/h5-8,14H,4H2,1-3H3. The molecule has 0 amide bonds. The van der Waals surface area contributed by atoms with Crippen LogP contribution in [0.15, 0.2) is 18.2 Å². The van der Waals surface area contributed by atoms with E-state index in [1.165, 1.54) is 6.07 Å². The second-order valence-corrected chi connectivity index (χ2v) is 3.95. The van der Waals surface area contributed by atoms with E-state index in [1.54, 1.807) is 19.1 Å². The van der Waals surface area contributed by atoms with Crippen LogP contribution in [0.1, 0.15) is 42.6 Å². The van der Waals surface area contributed by atoms with Crippen LogP contribution in [0.4, 0.5) is 0 Å². The van der Waals surface area contributed by atoms with Crippen LogP contribution in [0, 0.1) is 0 Å². The minimum absolute atomic E-state index is 0.00495. The predicted octanol–water partition coefficient (Wildman–Crippen LogP) is 2.26. The van der Waals surface area contributed by atoms with Gasteiger partial charge in [-0.1, -0.05) is 26.0 Å². The van der Waals surface area contributed by atoms with E-state index in [1.807, 2.05) is 13.8 Å². The van der Waals surface area contributed by atoms with Crippen LogP contribution in [-0.4, -0.2) is 23.5 Å². The Kier molecular flexibility index (Phi) is 4.26. The molecule has 1 rings (SSSR count). The SMILES string of the molecule is CCOC(=O)C(=O)c1cccc(C(C)C)c1O. The van der Waals surface area contributed by atoms with Gasteiger partial charge in [0.2, 0.25) is 0 Å². The molecule has 0 fully saturated rings. The number of para-hydroxylation sites is 1. The van der Waals surface area contributed by atoms with Crippen LogP contribution >= 0.6 is 0 Å². The van der Waals surface area contributed by atoms with Gasteiger partial charge in [0.25, 0.3) is 5.78 Å². The number of rotatable bonds is 4. The van der Waals surface area contributed by atoms with E-state index in [-0.39, 0.29) is 23.8 Å². The maximum absolute atomic E-state index is 11.7. The van der Waals surface area contributed by atoms with Crippen LogP contribution in [-0.2, 0) is 9.53 Å². The third kappa shape index (κ3) is 2.84. The third-order valence-corrected chi connectivity index (χ3v) is 2.39. The molecular formula is C13H16O4. The summed E-state index contributed by atoms with van der Waals surface area (Å²) in [6.45, 7) is 5.55. The molecule has 1 N–H and O–H groups in total. The van der Waals surface area contributed by atoms with Crippen molar-refractivity contribution >= 4 is 11.8 Å². The van der Waals surface area contributed by atoms with Crippen molar-refractivity contribution in [3.8, 4) is 5.75 Å². The quantitative estimate of drug-likeness (QED) is 0.495. The molecule has 0 radical (unpaired) electrons. The first-order chi connectivity index (χ1) is 7.99. The van der Waals surface area contributed by atoms with Crippen LogP contribution in [0.5, 0.6) is 5.75 Å². The lowest BCUT2D eigenvalue weighted by Crippen LogP contribution is -2.18. The number of benzene rings is 1. The highest BCUT2D eigenvalue weighted by Crippen LogP contribution is 2.29. The summed E-state index contributed by atoms with van der Waals surface area (Å²) in [5.41, 5.74) is 0.634. The molecule has 92 valence electrons. The molecule has 0 heterocycles. The molecule has 0 spiro atoms. The summed E-state index contributed by atoms with van der Waals surface area (Å²) < 4.78 is 4.61. The van der Waals surface area contributed by atoms with Gasteiger partial charge in [-0.25, -0.2) is 4.79 Å². The Labute approximate surface area is 100 Å². The van der Waals surface area contributed by atoms with Crippen LogP contribution in [0.3, 0.4) is 0 Å². The van der Waals surface area contributed by atoms with Crippen molar-refractivity contribution in [3.63, 3.8) is 0 Å².